The summed E-state index contributed by atoms with van der Waals surface area (Å²) in [4.78, 5) is 0. The Morgan fingerprint density at radius 1 is 1.16 bits per heavy atom. The van der Waals surface area contributed by atoms with E-state index in [4.69, 9.17) is 14.2 Å². The topological polar surface area (TPSA) is 39.7 Å². The molecule has 1 saturated heterocycles. The molecule has 1 saturated carbocycles. The van der Waals surface area contributed by atoms with Gasteiger partial charge in [0.15, 0.2) is 11.5 Å². The molecule has 2 fully saturated rings. The molecular formula is C15H19NO3. The molecule has 1 aliphatic carbocycles. The number of para-hydroxylation sites is 1. The molecule has 19 heavy (non-hydrogen) atoms. The number of fused-ring (bicyclic) bond motifs is 1. The molecule has 0 amide bonds. The average Bonchev–Trinajstić information content (AvgIpc) is 2.99. The van der Waals surface area contributed by atoms with Gasteiger partial charge in [-0.3, -0.25) is 0 Å². The van der Waals surface area contributed by atoms with Crippen LogP contribution in [0.3, 0.4) is 0 Å². The standard InChI is InChI=1S/C15H19NO3/c1-2-11(15-13(3-1)18-9-19-15)8-16-12-6-7-17-14(12)10-4-5-10/h1-3,10,12,14,16H,4-9H2. The second-order valence-electron chi connectivity index (χ2n) is 5.60. The highest BCUT2D eigenvalue weighted by atomic mass is 16.7. The van der Waals surface area contributed by atoms with Gasteiger partial charge in [-0.25, -0.2) is 0 Å². The zero-order valence-corrected chi connectivity index (χ0v) is 10.9. The Kier molecular flexibility index (Phi) is 2.85. The predicted molar refractivity (Wildman–Crippen MR) is 70.3 cm³/mol. The lowest BCUT2D eigenvalue weighted by molar-refractivity contribution is 0.0808. The van der Waals surface area contributed by atoms with Gasteiger partial charge >= 0.3 is 0 Å². The van der Waals surface area contributed by atoms with Gasteiger partial charge in [0.2, 0.25) is 6.79 Å². The molecule has 102 valence electrons. The summed E-state index contributed by atoms with van der Waals surface area (Å²) in [6.45, 7) is 2.05. The molecule has 4 rings (SSSR count). The largest absolute Gasteiger partial charge is 0.454 e. The minimum Gasteiger partial charge on any atom is -0.454 e. The van der Waals surface area contributed by atoms with Crippen molar-refractivity contribution in [2.45, 2.75) is 38.0 Å². The summed E-state index contributed by atoms with van der Waals surface area (Å²) in [5, 5.41) is 3.64. The van der Waals surface area contributed by atoms with Crippen molar-refractivity contribution < 1.29 is 14.2 Å². The highest BCUT2D eigenvalue weighted by molar-refractivity contribution is 5.48. The molecule has 1 N–H and O–H groups in total. The van der Waals surface area contributed by atoms with Crippen molar-refractivity contribution in [2.24, 2.45) is 5.92 Å². The normalized spacial score (nSPS) is 28.8. The van der Waals surface area contributed by atoms with Crippen molar-refractivity contribution in [1.29, 1.82) is 0 Å². The van der Waals surface area contributed by atoms with Gasteiger partial charge in [0, 0.05) is 24.8 Å². The maximum Gasteiger partial charge on any atom is 0.231 e. The molecular weight excluding hydrogens is 242 g/mol. The van der Waals surface area contributed by atoms with Crippen LogP contribution in [0.15, 0.2) is 18.2 Å². The van der Waals surface area contributed by atoms with E-state index in [0.717, 1.165) is 37.0 Å². The van der Waals surface area contributed by atoms with Crippen LogP contribution in [0.5, 0.6) is 11.5 Å². The van der Waals surface area contributed by atoms with Crippen LogP contribution in [-0.2, 0) is 11.3 Å². The van der Waals surface area contributed by atoms with Gasteiger partial charge in [0.05, 0.1) is 6.10 Å². The van der Waals surface area contributed by atoms with Crippen molar-refractivity contribution in [3.05, 3.63) is 23.8 Å². The minimum absolute atomic E-state index is 0.337. The van der Waals surface area contributed by atoms with Gasteiger partial charge in [-0.1, -0.05) is 12.1 Å². The highest BCUT2D eigenvalue weighted by Crippen LogP contribution is 2.39. The first-order valence-electron chi connectivity index (χ1n) is 7.14. The number of hydrogen-bond acceptors (Lipinski definition) is 4. The van der Waals surface area contributed by atoms with E-state index in [-0.39, 0.29) is 0 Å². The van der Waals surface area contributed by atoms with Crippen molar-refractivity contribution in [2.75, 3.05) is 13.4 Å². The van der Waals surface area contributed by atoms with Crippen LogP contribution < -0.4 is 14.8 Å². The molecule has 0 aromatic heterocycles. The quantitative estimate of drug-likeness (QED) is 0.900. The van der Waals surface area contributed by atoms with Crippen LogP contribution in [0.2, 0.25) is 0 Å². The van der Waals surface area contributed by atoms with Gasteiger partial charge in [0.1, 0.15) is 0 Å². The first-order valence-corrected chi connectivity index (χ1v) is 7.14. The Labute approximate surface area is 113 Å². The van der Waals surface area contributed by atoms with Crippen molar-refractivity contribution in [1.82, 2.24) is 5.32 Å². The van der Waals surface area contributed by atoms with Gasteiger partial charge in [-0.05, 0) is 31.2 Å². The van der Waals surface area contributed by atoms with E-state index in [0.29, 0.717) is 18.9 Å². The molecule has 0 radical (unpaired) electrons. The predicted octanol–water partition coefficient (Wildman–Crippen LogP) is 2.07. The van der Waals surface area contributed by atoms with Crippen LogP contribution in [0, 0.1) is 5.92 Å². The first kappa shape index (κ1) is 11.6. The van der Waals surface area contributed by atoms with E-state index in [1.165, 1.54) is 18.4 Å². The van der Waals surface area contributed by atoms with E-state index >= 15 is 0 Å². The highest BCUT2D eigenvalue weighted by Gasteiger charge is 2.40. The van der Waals surface area contributed by atoms with Crippen LogP contribution in [-0.4, -0.2) is 25.5 Å². The fraction of sp³-hybridized carbons (Fsp3) is 0.600. The van der Waals surface area contributed by atoms with Crippen LogP contribution in [0.1, 0.15) is 24.8 Å². The fourth-order valence-electron chi connectivity index (χ4n) is 3.09. The summed E-state index contributed by atoms with van der Waals surface area (Å²) in [5.41, 5.74) is 1.18. The van der Waals surface area contributed by atoms with Crippen molar-refractivity contribution in [3.8, 4) is 11.5 Å². The number of ether oxygens (including phenoxy) is 3. The van der Waals surface area contributed by atoms with Gasteiger partial charge in [-0.15, -0.1) is 0 Å². The van der Waals surface area contributed by atoms with Crippen LogP contribution >= 0.6 is 0 Å². The average molecular weight is 261 g/mol. The molecule has 4 heteroatoms. The van der Waals surface area contributed by atoms with E-state index < -0.39 is 0 Å². The van der Waals surface area contributed by atoms with Crippen LogP contribution in [0.4, 0.5) is 0 Å². The maximum absolute atomic E-state index is 5.85. The molecule has 4 nitrogen and oxygen atoms in total. The molecule has 1 aromatic carbocycles. The van der Waals surface area contributed by atoms with Gasteiger partial charge < -0.3 is 19.5 Å². The molecule has 2 aliphatic heterocycles. The summed E-state index contributed by atoms with van der Waals surface area (Å²) < 4.78 is 16.8. The molecule has 2 heterocycles. The van der Waals surface area contributed by atoms with E-state index in [1.54, 1.807) is 0 Å². The summed E-state index contributed by atoms with van der Waals surface area (Å²) >= 11 is 0. The minimum atomic E-state index is 0.337. The molecule has 3 aliphatic rings. The van der Waals surface area contributed by atoms with Crippen molar-refractivity contribution >= 4 is 0 Å². The zero-order chi connectivity index (χ0) is 12.7. The number of benzene rings is 1. The van der Waals surface area contributed by atoms with Gasteiger partial charge in [0.25, 0.3) is 0 Å². The third-order valence-electron chi connectivity index (χ3n) is 4.26. The lowest BCUT2D eigenvalue weighted by atomic mass is 10.1. The summed E-state index contributed by atoms with van der Waals surface area (Å²) in [5.74, 6) is 2.55. The van der Waals surface area contributed by atoms with E-state index in [1.807, 2.05) is 12.1 Å². The SMILES string of the molecule is c1cc(CNC2CCOC2C2CC2)c2c(c1)OCO2. The first-order chi connectivity index (χ1) is 9.42. The van der Waals surface area contributed by atoms with E-state index in [2.05, 4.69) is 11.4 Å². The van der Waals surface area contributed by atoms with Gasteiger partial charge in [-0.2, -0.15) is 0 Å². The Morgan fingerprint density at radius 3 is 3.00 bits per heavy atom. The number of rotatable bonds is 4. The Hall–Kier alpha value is -1.26. The summed E-state index contributed by atoms with van der Waals surface area (Å²) in [7, 11) is 0. The molecule has 1 aromatic rings. The zero-order valence-electron chi connectivity index (χ0n) is 10.9. The third-order valence-corrected chi connectivity index (χ3v) is 4.26. The Morgan fingerprint density at radius 2 is 2.11 bits per heavy atom. The Balaban J connectivity index is 1.43. The molecule has 0 bridgehead atoms. The third kappa shape index (κ3) is 2.19. The molecule has 2 atom stereocenters. The lowest BCUT2D eigenvalue weighted by Gasteiger charge is -2.19. The lowest BCUT2D eigenvalue weighted by Crippen LogP contribution is -2.37. The molecule has 2 unspecified atom stereocenters. The molecule has 0 spiro atoms. The number of hydrogen-bond donors (Lipinski definition) is 1. The van der Waals surface area contributed by atoms with E-state index in [9.17, 15) is 0 Å². The monoisotopic (exact) mass is 261 g/mol. The Bertz CT molecular complexity index is 472. The maximum atomic E-state index is 5.85. The van der Waals surface area contributed by atoms with Crippen molar-refractivity contribution in [3.63, 3.8) is 0 Å². The fourth-order valence-corrected chi connectivity index (χ4v) is 3.09. The summed E-state index contributed by atoms with van der Waals surface area (Å²) in [6, 6.07) is 6.57. The summed E-state index contributed by atoms with van der Waals surface area (Å²) in [6.07, 6.45) is 4.21. The second kappa shape index (κ2) is 4.69. The van der Waals surface area contributed by atoms with Crippen LogP contribution in [0.25, 0.3) is 0 Å². The number of nitrogens with one attached hydrogen (secondary N) is 1. The smallest absolute Gasteiger partial charge is 0.231 e. The second-order valence-corrected chi connectivity index (χ2v) is 5.60.